The lowest BCUT2D eigenvalue weighted by Crippen LogP contribution is -2.36. The molecule has 0 radical (unpaired) electrons. The average Bonchev–Trinajstić information content (AvgIpc) is 2.30. The Balaban J connectivity index is 2.45. The van der Waals surface area contributed by atoms with E-state index >= 15 is 0 Å². The molecule has 0 amide bonds. The molecule has 0 spiro atoms. The highest BCUT2D eigenvalue weighted by Crippen LogP contribution is 2.37. The van der Waals surface area contributed by atoms with E-state index < -0.39 is 0 Å². The van der Waals surface area contributed by atoms with Gasteiger partial charge in [-0.2, -0.15) is 0 Å². The van der Waals surface area contributed by atoms with E-state index in [1.165, 1.54) is 6.42 Å². The van der Waals surface area contributed by atoms with Gasteiger partial charge >= 0.3 is 0 Å². The Bertz CT molecular complexity index is 193. The van der Waals surface area contributed by atoms with Crippen LogP contribution in [0, 0.1) is 5.41 Å². The van der Waals surface area contributed by atoms with Crippen molar-refractivity contribution in [2.45, 2.75) is 64.7 Å². The first-order chi connectivity index (χ1) is 7.25. The number of hydrogen-bond acceptors (Lipinski definition) is 2. The molecule has 0 atom stereocenters. The Morgan fingerprint density at radius 2 is 1.87 bits per heavy atom. The van der Waals surface area contributed by atoms with E-state index in [1.54, 1.807) is 0 Å². The second-order valence-electron chi connectivity index (χ2n) is 4.88. The molecule has 0 aromatic rings. The van der Waals surface area contributed by atoms with Crippen LogP contribution in [-0.4, -0.2) is 17.5 Å². The molecule has 0 heterocycles. The van der Waals surface area contributed by atoms with E-state index in [4.69, 9.17) is 0 Å². The monoisotopic (exact) mass is 212 g/mol. The molecule has 1 N–H and O–H groups in total. The summed E-state index contributed by atoms with van der Waals surface area (Å²) in [5, 5.41) is 9.45. The zero-order chi connectivity index (χ0) is 11.1. The van der Waals surface area contributed by atoms with E-state index in [-0.39, 0.29) is 12.0 Å². The summed E-state index contributed by atoms with van der Waals surface area (Å²) in [6.07, 6.45) is 9.23. The number of aliphatic hydroxyl groups excluding tert-OH is 1. The molecule has 88 valence electrons. The third-order valence-corrected chi connectivity index (χ3v) is 3.71. The maximum atomic E-state index is 12.1. The standard InChI is InChI=1S/C13H24O2/c1-2-3-5-8-12(15)13(11-14)9-6-4-7-10-13/h14H,2-11H2,1H3. The predicted octanol–water partition coefficient (Wildman–Crippen LogP) is 3.08. The molecule has 0 aliphatic heterocycles. The predicted molar refractivity (Wildman–Crippen MR) is 61.8 cm³/mol. The minimum atomic E-state index is -0.355. The van der Waals surface area contributed by atoms with Gasteiger partial charge in [0.25, 0.3) is 0 Å². The number of unbranched alkanes of at least 4 members (excludes halogenated alkanes) is 2. The summed E-state index contributed by atoms with van der Waals surface area (Å²) in [4.78, 5) is 12.1. The Morgan fingerprint density at radius 3 is 2.40 bits per heavy atom. The summed E-state index contributed by atoms with van der Waals surface area (Å²) < 4.78 is 0. The Hall–Kier alpha value is -0.370. The summed E-state index contributed by atoms with van der Waals surface area (Å²) >= 11 is 0. The van der Waals surface area contributed by atoms with Crippen LogP contribution in [0.25, 0.3) is 0 Å². The van der Waals surface area contributed by atoms with Crippen molar-refractivity contribution in [3.05, 3.63) is 0 Å². The minimum Gasteiger partial charge on any atom is -0.395 e. The highest BCUT2D eigenvalue weighted by Gasteiger charge is 2.37. The molecule has 0 aromatic carbocycles. The van der Waals surface area contributed by atoms with Gasteiger partial charge in [0.2, 0.25) is 0 Å². The molecule has 1 fully saturated rings. The number of carbonyl (C=O) groups excluding carboxylic acids is 1. The molecule has 1 aliphatic carbocycles. The van der Waals surface area contributed by atoms with Crippen LogP contribution >= 0.6 is 0 Å². The fraction of sp³-hybridized carbons (Fsp3) is 0.923. The first-order valence-electron chi connectivity index (χ1n) is 6.39. The smallest absolute Gasteiger partial charge is 0.141 e. The maximum absolute atomic E-state index is 12.1. The maximum Gasteiger partial charge on any atom is 0.141 e. The normalized spacial score (nSPS) is 20.1. The van der Waals surface area contributed by atoms with Gasteiger partial charge in [-0.05, 0) is 19.3 Å². The van der Waals surface area contributed by atoms with Gasteiger partial charge in [-0.25, -0.2) is 0 Å². The van der Waals surface area contributed by atoms with E-state index in [0.29, 0.717) is 12.2 Å². The Morgan fingerprint density at radius 1 is 1.20 bits per heavy atom. The van der Waals surface area contributed by atoms with Gasteiger partial charge in [0.1, 0.15) is 5.78 Å². The van der Waals surface area contributed by atoms with Gasteiger partial charge in [0.15, 0.2) is 0 Å². The molecule has 0 bridgehead atoms. The van der Waals surface area contributed by atoms with Crippen molar-refractivity contribution in [1.82, 2.24) is 0 Å². The number of carbonyl (C=O) groups is 1. The van der Waals surface area contributed by atoms with Gasteiger partial charge in [-0.1, -0.05) is 39.0 Å². The Labute approximate surface area is 93.1 Å². The van der Waals surface area contributed by atoms with Crippen molar-refractivity contribution in [3.63, 3.8) is 0 Å². The number of Topliss-reactive ketones (excluding diaryl/α,β-unsaturated/α-hetero) is 1. The fourth-order valence-corrected chi connectivity index (χ4v) is 2.55. The van der Waals surface area contributed by atoms with Gasteiger partial charge in [-0.15, -0.1) is 0 Å². The third-order valence-electron chi connectivity index (χ3n) is 3.71. The lowest BCUT2D eigenvalue weighted by Gasteiger charge is -2.34. The summed E-state index contributed by atoms with van der Waals surface area (Å²) in [7, 11) is 0. The van der Waals surface area contributed by atoms with Crippen molar-refractivity contribution < 1.29 is 9.90 Å². The molecule has 1 rings (SSSR count). The molecule has 2 heteroatoms. The molecule has 1 aliphatic rings. The highest BCUT2D eigenvalue weighted by molar-refractivity contribution is 5.85. The molecular weight excluding hydrogens is 188 g/mol. The van der Waals surface area contributed by atoms with Crippen LogP contribution in [0.3, 0.4) is 0 Å². The van der Waals surface area contributed by atoms with Gasteiger partial charge in [-0.3, -0.25) is 4.79 Å². The van der Waals surface area contributed by atoms with E-state index in [9.17, 15) is 9.90 Å². The fourth-order valence-electron chi connectivity index (χ4n) is 2.55. The molecular formula is C13H24O2. The van der Waals surface area contributed by atoms with E-state index in [2.05, 4.69) is 6.92 Å². The highest BCUT2D eigenvalue weighted by atomic mass is 16.3. The van der Waals surface area contributed by atoms with Crippen molar-refractivity contribution in [2.24, 2.45) is 5.41 Å². The molecule has 1 saturated carbocycles. The van der Waals surface area contributed by atoms with Gasteiger partial charge in [0.05, 0.1) is 12.0 Å². The number of aliphatic hydroxyl groups is 1. The number of rotatable bonds is 6. The molecule has 2 nitrogen and oxygen atoms in total. The summed E-state index contributed by atoms with van der Waals surface area (Å²) in [5.41, 5.74) is -0.355. The second-order valence-corrected chi connectivity index (χ2v) is 4.88. The lowest BCUT2D eigenvalue weighted by atomic mass is 9.70. The molecule has 0 unspecified atom stereocenters. The van der Waals surface area contributed by atoms with Crippen molar-refractivity contribution in [1.29, 1.82) is 0 Å². The van der Waals surface area contributed by atoms with Crippen molar-refractivity contribution in [3.8, 4) is 0 Å². The molecule has 15 heavy (non-hydrogen) atoms. The SMILES string of the molecule is CCCCCC(=O)C1(CO)CCCCC1. The summed E-state index contributed by atoms with van der Waals surface area (Å²) in [5.74, 6) is 0.318. The lowest BCUT2D eigenvalue weighted by molar-refractivity contribution is -0.133. The number of ketones is 1. The second kappa shape index (κ2) is 6.26. The summed E-state index contributed by atoms with van der Waals surface area (Å²) in [6, 6.07) is 0. The van der Waals surface area contributed by atoms with E-state index in [1.807, 2.05) is 0 Å². The van der Waals surface area contributed by atoms with Crippen LogP contribution in [0.2, 0.25) is 0 Å². The molecule has 0 aromatic heterocycles. The van der Waals surface area contributed by atoms with Crippen LogP contribution < -0.4 is 0 Å². The number of hydrogen-bond donors (Lipinski definition) is 1. The summed E-state index contributed by atoms with van der Waals surface area (Å²) in [6.45, 7) is 2.21. The van der Waals surface area contributed by atoms with Crippen LogP contribution in [0.5, 0.6) is 0 Å². The quantitative estimate of drug-likeness (QED) is 0.687. The topological polar surface area (TPSA) is 37.3 Å². The zero-order valence-corrected chi connectivity index (χ0v) is 9.93. The van der Waals surface area contributed by atoms with Gasteiger partial charge < -0.3 is 5.11 Å². The average molecular weight is 212 g/mol. The van der Waals surface area contributed by atoms with Crippen LogP contribution in [0.15, 0.2) is 0 Å². The third kappa shape index (κ3) is 3.30. The van der Waals surface area contributed by atoms with Crippen LogP contribution in [0.1, 0.15) is 64.7 Å². The van der Waals surface area contributed by atoms with Crippen molar-refractivity contribution >= 4 is 5.78 Å². The zero-order valence-electron chi connectivity index (χ0n) is 9.93. The minimum absolute atomic E-state index is 0.0674. The van der Waals surface area contributed by atoms with Crippen molar-refractivity contribution in [2.75, 3.05) is 6.61 Å². The Kier molecular flexibility index (Phi) is 5.30. The first kappa shape index (κ1) is 12.7. The largest absolute Gasteiger partial charge is 0.395 e. The van der Waals surface area contributed by atoms with Crippen LogP contribution in [0.4, 0.5) is 0 Å². The van der Waals surface area contributed by atoms with Gasteiger partial charge in [0, 0.05) is 6.42 Å². The molecule has 0 saturated heterocycles. The first-order valence-corrected chi connectivity index (χ1v) is 6.39. The van der Waals surface area contributed by atoms with Crippen LogP contribution in [-0.2, 0) is 4.79 Å². The van der Waals surface area contributed by atoms with E-state index in [0.717, 1.165) is 44.9 Å².